The van der Waals surface area contributed by atoms with Crippen LogP contribution >= 0.6 is 0 Å². The summed E-state index contributed by atoms with van der Waals surface area (Å²) in [4.78, 5) is 25.3. The van der Waals surface area contributed by atoms with Crippen LogP contribution in [0.1, 0.15) is 18.4 Å². The lowest BCUT2D eigenvalue weighted by Crippen LogP contribution is -2.42. The van der Waals surface area contributed by atoms with E-state index in [0.29, 0.717) is 25.9 Å². The average Bonchev–Trinajstić information content (AvgIpc) is 2.47. The Morgan fingerprint density at radius 1 is 1.18 bits per heavy atom. The molecule has 7 heteroatoms. The number of hydrogen-bond acceptors (Lipinski definition) is 4. The highest BCUT2D eigenvalue weighted by molar-refractivity contribution is 7.90. The van der Waals surface area contributed by atoms with Gasteiger partial charge in [0.2, 0.25) is 11.8 Å². The highest BCUT2D eigenvalue weighted by Crippen LogP contribution is 2.18. The van der Waals surface area contributed by atoms with E-state index < -0.39 is 9.84 Å². The van der Waals surface area contributed by atoms with Crippen molar-refractivity contribution in [3.8, 4) is 0 Å². The van der Waals surface area contributed by atoms with Gasteiger partial charge < -0.3 is 10.6 Å². The molecule has 6 nitrogen and oxygen atoms in total. The lowest BCUT2D eigenvalue weighted by molar-refractivity contribution is -0.134. The Balaban J connectivity index is 1.94. The highest BCUT2D eigenvalue weighted by atomic mass is 32.2. The summed E-state index contributed by atoms with van der Waals surface area (Å²) in [5, 5.41) is 0. The summed E-state index contributed by atoms with van der Waals surface area (Å²) in [6.07, 6.45) is 2.59. The molecule has 1 aliphatic rings. The van der Waals surface area contributed by atoms with Crippen LogP contribution in [0.2, 0.25) is 0 Å². The zero-order valence-corrected chi connectivity index (χ0v) is 13.3. The van der Waals surface area contributed by atoms with Crippen LogP contribution < -0.4 is 5.73 Å². The highest BCUT2D eigenvalue weighted by Gasteiger charge is 2.25. The van der Waals surface area contributed by atoms with Crippen LogP contribution in [0.15, 0.2) is 29.2 Å². The SMILES string of the molecule is CS(=O)(=O)c1ccc(CC(=O)N2CCC(C(N)=O)CC2)cc1. The molecule has 1 saturated heterocycles. The lowest BCUT2D eigenvalue weighted by Gasteiger charge is -2.30. The molecule has 0 spiro atoms. The van der Waals surface area contributed by atoms with Crippen LogP contribution in [0.4, 0.5) is 0 Å². The second-order valence-corrected chi connectivity index (χ2v) is 7.67. The number of sulfone groups is 1. The van der Waals surface area contributed by atoms with Crippen LogP contribution in [0.25, 0.3) is 0 Å². The Morgan fingerprint density at radius 2 is 1.73 bits per heavy atom. The topological polar surface area (TPSA) is 97.5 Å². The van der Waals surface area contributed by atoms with Gasteiger partial charge in [-0.15, -0.1) is 0 Å². The molecule has 1 fully saturated rings. The summed E-state index contributed by atoms with van der Waals surface area (Å²) in [7, 11) is -3.22. The summed E-state index contributed by atoms with van der Waals surface area (Å²) in [5.41, 5.74) is 6.04. The van der Waals surface area contributed by atoms with Gasteiger partial charge in [0.15, 0.2) is 9.84 Å². The minimum atomic E-state index is -3.22. The first-order valence-corrected chi connectivity index (χ1v) is 9.02. The van der Waals surface area contributed by atoms with Crippen molar-refractivity contribution in [3.05, 3.63) is 29.8 Å². The first-order chi connectivity index (χ1) is 10.3. The van der Waals surface area contributed by atoms with Gasteiger partial charge in [-0.3, -0.25) is 9.59 Å². The first-order valence-electron chi connectivity index (χ1n) is 7.13. The van der Waals surface area contributed by atoms with E-state index in [4.69, 9.17) is 5.73 Å². The molecular formula is C15H20N2O4S. The van der Waals surface area contributed by atoms with Crippen LogP contribution in [-0.2, 0) is 25.8 Å². The van der Waals surface area contributed by atoms with E-state index in [1.54, 1.807) is 17.0 Å². The summed E-state index contributed by atoms with van der Waals surface area (Å²) in [6.45, 7) is 1.07. The van der Waals surface area contributed by atoms with Crippen molar-refractivity contribution in [1.29, 1.82) is 0 Å². The third kappa shape index (κ3) is 4.07. The Hall–Kier alpha value is -1.89. The largest absolute Gasteiger partial charge is 0.369 e. The fourth-order valence-corrected chi connectivity index (χ4v) is 3.18. The molecular weight excluding hydrogens is 304 g/mol. The first kappa shape index (κ1) is 16.5. The molecule has 0 saturated carbocycles. The van der Waals surface area contributed by atoms with Crippen molar-refractivity contribution in [2.24, 2.45) is 11.7 Å². The fourth-order valence-electron chi connectivity index (χ4n) is 2.55. The molecule has 2 amide bonds. The molecule has 2 N–H and O–H groups in total. The van der Waals surface area contributed by atoms with Gasteiger partial charge >= 0.3 is 0 Å². The van der Waals surface area contributed by atoms with Gasteiger partial charge in [0.05, 0.1) is 11.3 Å². The number of nitrogens with two attached hydrogens (primary N) is 1. The van der Waals surface area contributed by atoms with E-state index in [-0.39, 0.29) is 29.0 Å². The van der Waals surface area contributed by atoms with Gasteiger partial charge in [0, 0.05) is 25.3 Å². The normalized spacial score (nSPS) is 16.5. The van der Waals surface area contributed by atoms with Gasteiger partial charge in [0.1, 0.15) is 0 Å². The number of primary amides is 1. The number of hydrogen-bond donors (Lipinski definition) is 1. The third-order valence-corrected chi connectivity index (χ3v) is 5.09. The van der Waals surface area contributed by atoms with Crippen molar-refractivity contribution >= 4 is 21.7 Å². The summed E-state index contributed by atoms with van der Waals surface area (Å²) in [6, 6.07) is 6.34. The minimum absolute atomic E-state index is 0.0185. The molecule has 0 atom stereocenters. The van der Waals surface area contributed by atoms with Crippen molar-refractivity contribution in [3.63, 3.8) is 0 Å². The smallest absolute Gasteiger partial charge is 0.226 e. The molecule has 120 valence electrons. The van der Waals surface area contributed by atoms with E-state index >= 15 is 0 Å². The predicted octanol–water partition coefficient (Wildman–Crippen LogP) is 0.357. The summed E-state index contributed by atoms with van der Waals surface area (Å²) >= 11 is 0. The monoisotopic (exact) mass is 324 g/mol. The molecule has 1 aromatic carbocycles. The number of amides is 2. The summed E-state index contributed by atoms with van der Waals surface area (Å²) in [5.74, 6) is -0.461. The number of likely N-dealkylation sites (tertiary alicyclic amines) is 1. The van der Waals surface area contributed by atoms with Gasteiger partial charge in [0.25, 0.3) is 0 Å². The molecule has 1 heterocycles. The van der Waals surface area contributed by atoms with E-state index in [1.807, 2.05) is 0 Å². The standard InChI is InChI=1S/C15H20N2O4S/c1-22(20,21)13-4-2-11(3-5-13)10-14(18)17-8-6-12(7-9-17)15(16)19/h2-5,12H,6-10H2,1H3,(H2,16,19). The van der Waals surface area contributed by atoms with Crippen molar-refractivity contribution in [2.45, 2.75) is 24.2 Å². The number of nitrogens with zero attached hydrogens (tertiary/aromatic N) is 1. The molecule has 2 rings (SSSR count). The average molecular weight is 324 g/mol. The van der Waals surface area contributed by atoms with E-state index in [2.05, 4.69) is 0 Å². The van der Waals surface area contributed by atoms with Crippen LogP contribution in [0.3, 0.4) is 0 Å². The van der Waals surface area contributed by atoms with E-state index in [9.17, 15) is 18.0 Å². The summed E-state index contributed by atoms with van der Waals surface area (Å²) < 4.78 is 22.8. The quantitative estimate of drug-likeness (QED) is 0.864. The van der Waals surface area contributed by atoms with Gasteiger partial charge in [-0.2, -0.15) is 0 Å². The molecule has 1 aliphatic heterocycles. The zero-order valence-electron chi connectivity index (χ0n) is 12.5. The fraction of sp³-hybridized carbons (Fsp3) is 0.467. The molecule has 0 aliphatic carbocycles. The molecule has 0 radical (unpaired) electrons. The Labute approximate surface area is 130 Å². The second kappa shape index (κ2) is 6.48. The maximum atomic E-state index is 12.2. The molecule has 1 aromatic rings. The molecule has 22 heavy (non-hydrogen) atoms. The number of benzene rings is 1. The minimum Gasteiger partial charge on any atom is -0.369 e. The molecule has 0 unspecified atom stereocenters. The van der Waals surface area contributed by atoms with Crippen molar-refractivity contribution in [1.82, 2.24) is 4.90 Å². The van der Waals surface area contributed by atoms with Crippen molar-refractivity contribution < 1.29 is 18.0 Å². The van der Waals surface area contributed by atoms with Gasteiger partial charge in [-0.05, 0) is 30.5 Å². The maximum Gasteiger partial charge on any atom is 0.226 e. The Morgan fingerprint density at radius 3 is 2.18 bits per heavy atom. The van der Waals surface area contributed by atoms with Gasteiger partial charge in [-0.1, -0.05) is 12.1 Å². The van der Waals surface area contributed by atoms with Gasteiger partial charge in [-0.25, -0.2) is 8.42 Å². The number of carbonyl (C=O) groups is 2. The number of piperidine rings is 1. The van der Waals surface area contributed by atoms with E-state index in [0.717, 1.165) is 11.8 Å². The molecule has 0 aromatic heterocycles. The maximum absolute atomic E-state index is 12.2. The molecule has 0 bridgehead atoms. The number of carbonyl (C=O) groups excluding carboxylic acids is 2. The van der Waals surface area contributed by atoms with Crippen molar-refractivity contribution in [2.75, 3.05) is 19.3 Å². The van der Waals surface area contributed by atoms with Crippen LogP contribution in [0.5, 0.6) is 0 Å². The van der Waals surface area contributed by atoms with E-state index in [1.165, 1.54) is 12.1 Å². The predicted molar refractivity (Wildman–Crippen MR) is 81.8 cm³/mol. The van der Waals surface area contributed by atoms with Crippen LogP contribution in [-0.4, -0.2) is 44.5 Å². The lowest BCUT2D eigenvalue weighted by atomic mass is 9.96. The second-order valence-electron chi connectivity index (χ2n) is 5.65. The third-order valence-electron chi connectivity index (χ3n) is 3.96. The number of rotatable bonds is 4. The Bertz CT molecular complexity index is 659. The zero-order chi connectivity index (χ0) is 16.3. The Kier molecular flexibility index (Phi) is 4.85. The van der Waals surface area contributed by atoms with Crippen LogP contribution in [0, 0.1) is 5.92 Å².